The van der Waals surface area contributed by atoms with Gasteiger partial charge in [0.2, 0.25) is 0 Å². The average molecular weight is 317 g/mol. The molecule has 1 saturated carbocycles. The van der Waals surface area contributed by atoms with E-state index in [1.807, 2.05) is 4.68 Å². The standard InChI is InChI=1S/C13H21BrN2O2/c1-9(2)16-11(10(14)8-15-16)12(17)13(18-3)6-4-5-7-13/h8-9,12,17H,4-7H2,1-3H3. The first-order valence-corrected chi connectivity index (χ1v) is 7.27. The molecule has 0 saturated heterocycles. The third kappa shape index (κ3) is 2.24. The molecule has 1 aliphatic rings. The van der Waals surface area contributed by atoms with E-state index in [9.17, 15) is 5.11 Å². The Kier molecular flexibility index (Phi) is 4.14. The SMILES string of the molecule is COC1(C(O)c2c(Br)cnn2C(C)C)CCCC1. The van der Waals surface area contributed by atoms with Crippen molar-refractivity contribution in [1.29, 1.82) is 0 Å². The van der Waals surface area contributed by atoms with Crippen LogP contribution in [0.25, 0.3) is 0 Å². The Labute approximate surface area is 116 Å². The second-order valence-corrected chi connectivity index (χ2v) is 6.15. The van der Waals surface area contributed by atoms with Crippen LogP contribution in [0, 0.1) is 0 Å². The van der Waals surface area contributed by atoms with Crippen LogP contribution in [-0.4, -0.2) is 27.6 Å². The van der Waals surface area contributed by atoms with Gasteiger partial charge in [-0.25, -0.2) is 0 Å². The minimum Gasteiger partial charge on any atom is -0.384 e. The minimum absolute atomic E-state index is 0.219. The molecule has 1 aliphatic carbocycles. The molecule has 0 aliphatic heterocycles. The number of hydrogen-bond acceptors (Lipinski definition) is 3. The van der Waals surface area contributed by atoms with Gasteiger partial charge in [0.25, 0.3) is 0 Å². The number of aliphatic hydroxyl groups excluding tert-OH is 1. The molecule has 1 heterocycles. The Morgan fingerprint density at radius 3 is 2.56 bits per heavy atom. The van der Waals surface area contributed by atoms with Gasteiger partial charge in [-0.05, 0) is 42.6 Å². The van der Waals surface area contributed by atoms with Crippen LogP contribution in [0.4, 0.5) is 0 Å². The van der Waals surface area contributed by atoms with Crippen molar-refractivity contribution in [3.05, 3.63) is 16.4 Å². The maximum Gasteiger partial charge on any atom is 0.126 e. The number of aromatic nitrogens is 2. The quantitative estimate of drug-likeness (QED) is 0.927. The number of aliphatic hydroxyl groups is 1. The van der Waals surface area contributed by atoms with Gasteiger partial charge in [-0.15, -0.1) is 0 Å². The Bertz CT molecular complexity index is 411. The Morgan fingerprint density at radius 1 is 1.44 bits per heavy atom. The van der Waals surface area contributed by atoms with Gasteiger partial charge in [-0.1, -0.05) is 12.8 Å². The van der Waals surface area contributed by atoms with Crippen molar-refractivity contribution in [3.8, 4) is 0 Å². The summed E-state index contributed by atoms with van der Waals surface area (Å²) in [5, 5.41) is 15.1. The zero-order valence-electron chi connectivity index (χ0n) is 11.2. The first-order chi connectivity index (χ1) is 8.52. The lowest BCUT2D eigenvalue weighted by molar-refractivity contribution is -0.104. The Morgan fingerprint density at radius 2 is 2.06 bits per heavy atom. The molecule has 2 rings (SSSR count). The zero-order valence-corrected chi connectivity index (χ0v) is 12.8. The van der Waals surface area contributed by atoms with Gasteiger partial charge in [0.15, 0.2) is 0 Å². The first kappa shape index (κ1) is 14.0. The average Bonchev–Trinajstić information content (AvgIpc) is 2.95. The van der Waals surface area contributed by atoms with E-state index < -0.39 is 11.7 Å². The largest absolute Gasteiger partial charge is 0.384 e. The van der Waals surface area contributed by atoms with E-state index in [1.165, 1.54) is 0 Å². The Hall–Kier alpha value is -0.390. The predicted molar refractivity (Wildman–Crippen MR) is 73.5 cm³/mol. The first-order valence-electron chi connectivity index (χ1n) is 6.48. The lowest BCUT2D eigenvalue weighted by atomic mass is 9.92. The molecule has 0 radical (unpaired) electrons. The van der Waals surface area contributed by atoms with E-state index in [4.69, 9.17) is 4.74 Å². The summed E-state index contributed by atoms with van der Waals surface area (Å²) in [7, 11) is 1.69. The normalized spacial score (nSPS) is 20.6. The van der Waals surface area contributed by atoms with Crippen molar-refractivity contribution in [3.63, 3.8) is 0 Å². The molecule has 0 bridgehead atoms. The van der Waals surface area contributed by atoms with Crippen molar-refractivity contribution in [2.45, 2.75) is 57.3 Å². The topological polar surface area (TPSA) is 47.3 Å². The van der Waals surface area contributed by atoms with Crippen molar-refractivity contribution < 1.29 is 9.84 Å². The minimum atomic E-state index is -0.635. The van der Waals surface area contributed by atoms with E-state index in [0.717, 1.165) is 35.8 Å². The van der Waals surface area contributed by atoms with Gasteiger partial charge in [-0.2, -0.15) is 5.10 Å². The monoisotopic (exact) mass is 316 g/mol. The highest BCUT2D eigenvalue weighted by Crippen LogP contribution is 2.44. The van der Waals surface area contributed by atoms with Gasteiger partial charge >= 0.3 is 0 Å². The molecule has 1 aromatic heterocycles. The molecule has 0 aromatic carbocycles. The van der Waals surface area contributed by atoms with Crippen LogP contribution < -0.4 is 0 Å². The second kappa shape index (κ2) is 5.31. The van der Waals surface area contributed by atoms with Crippen molar-refractivity contribution in [2.24, 2.45) is 0 Å². The molecule has 102 valence electrons. The molecule has 1 unspecified atom stereocenters. The summed E-state index contributed by atoms with van der Waals surface area (Å²) < 4.78 is 8.38. The number of ether oxygens (including phenoxy) is 1. The lowest BCUT2D eigenvalue weighted by Crippen LogP contribution is -2.37. The smallest absolute Gasteiger partial charge is 0.126 e. The van der Waals surface area contributed by atoms with E-state index in [-0.39, 0.29) is 6.04 Å². The highest BCUT2D eigenvalue weighted by molar-refractivity contribution is 9.10. The maximum atomic E-state index is 10.8. The second-order valence-electron chi connectivity index (χ2n) is 5.29. The van der Waals surface area contributed by atoms with Gasteiger partial charge in [0, 0.05) is 13.2 Å². The van der Waals surface area contributed by atoms with Crippen molar-refractivity contribution in [2.75, 3.05) is 7.11 Å². The molecule has 0 spiro atoms. The number of nitrogens with zero attached hydrogens (tertiary/aromatic N) is 2. The van der Waals surface area contributed by atoms with Crippen LogP contribution in [-0.2, 0) is 4.74 Å². The van der Waals surface area contributed by atoms with Crippen LogP contribution >= 0.6 is 15.9 Å². The van der Waals surface area contributed by atoms with E-state index in [2.05, 4.69) is 34.9 Å². The van der Waals surface area contributed by atoms with Crippen LogP contribution in [0.5, 0.6) is 0 Å². The summed E-state index contributed by atoms with van der Waals surface area (Å²) in [6, 6.07) is 0.219. The molecular formula is C13H21BrN2O2. The molecular weight excluding hydrogens is 296 g/mol. The summed E-state index contributed by atoms with van der Waals surface area (Å²) in [5.41, 5.74) is 0.378. The predicted octanol–water partition coefficient (Wildman–Crippen LogP) is 3.22. The number of rotatable bonds is 4. The third-order valence-electron chi connectivity index (χ3n) is 3.89. The molecule has 1 atom stereocenters. The molecule has 1 fully saturated rings. The number of methoxy groups -OCH3 is 1. The molecule has 0 amide bonds. The number of halogens is 1. The van der Waals surface area contributed by atoms with Crippen LogP contribution in [0.1, 0.15) is 57.4 Å². The summed E-state index contributed by atoms with van der Waals surface area (Å²) in [5.74, 6) is 0. The van der Waals surface area contributed by atoms with E-state index in [0.29, 0.717) is 0 Å². The molecule has 1 N–H and O–H groups in total. The van der Waals surface area contributed by atoms with Crippen molar-refractivity contribution >= 4 is 15.9 Å². The summed E-state index contributed by atoms with van der Waals surface area (Å²) in [6.07, 6.45) is 5.14. The molecule has 4 nitrogen and oxygen atoms in total. The summed E-state index contributed by atoms with van der Waals surface area (Å²) in [6.45, 7) is 4.12. The summed E-state index contributed by atoms with van der Waals surface area (Å²) >= 11 is 3.49. The van der Waals surface area contributed by atoms with Crippen LogP contribution in [0.15, 0.2) is 10.7 Å². The highest BCUT2D eigenvalue weighted by atomic mass is 79.9. The Balaban J connectivity index is 2.38. The van der Waals surface area contributed by atoms with Gasteiger partial charge in [-0.3, -0.25) is 4.68 Å². The highest BCUT2D eigenvalue weighted by Gasteiger charge is 2.44. The van der Waals surface area contributed by atoms with E-state index in [1.54, 1.807) is 13.3 Å². The fourth-order valence-corrected chi connectivity index (χ4v) is 3.32. The van der Waals surface area contributed by atoms with Gasteiger partial charge in [0.05, 0.1) is 22.0 Å². The fraction of sp³-hybridized carbons (Fsp3) is 0.769. The maximum absolute atomic E-state index is 10.8. The number of hydrogen-bond donors (Lipinski definition) is 1. The molecule has 1 aromatic rings. The zero-order chi connectivity index (χ0) is 13.3. The van der Waals surface area contributed by atoms with Crippen LogP contribution in [0.2, 0.25) is 0 Å². The molecule has 18 heavy (non-hydrogen) atoms. The van der Waals surface area contributed by atoms with Gasteiger partial charge < -0.3 is 9.84 Å². The van der Waals surface area contributed by atoms with E-state index >= 15 is 0 Å². The van der Waals surface area contributed by atoms with Crippen molar-refractivity contribution in [1.82, 2.24) is 9.78 Å². The summed E-state index contributed by atoms with van der Waals surface area (Å²) in [4.78, 5) is 0. The third-order valence-corrected chi connectivity index (χ3v) is 4.50. The molecule has 5 heteroatoms. The van der Waals surface area contributed by atoms with Crippen LogP contribution in [0.3, 0.4) is 0 Å². The van der Waals surface area contributed by atoms with Gasteiger partial charge in [0.1, 0.15) is 6.10 Å². The fourth-order valence-electron chi connectivity index (χ4n) is 2.83. The lowest BCUT2D eigenvalue weighted by Gasteiger charge is -2.33.